The van der Waals surface area contributed by atoms with Crippen LogP contribution in [0.3, 0.4) is 0 Å². The van der Waals surface area contributed by atoms with Crippen molar-refractivity contribution in [3.05, 3.63) is 59.1 Å². The highest BCUT2D eigenvalue weighted by Gasteiger charge is 2.14. The van der Waals surface area contributed by atoms with Crippen molar-refractivity contribution in [2.75, 3.05) is 12.4 Å². The van der Waals surface area contributed by atoms with E-state index in [1.54, 1.807) is 24.3 Å². The molecule has 0 N–H and O–H groups in total. The van der Waals surface area contributed by atoms with E-state index in [0.29, 0.717) is 22.3 Å². The minimum atomic E-state index is 0.0227. The van der Waals surface area contributed by atoms with Gasteiger partial charge >= 0.3 is 0 Å². The predicted octanol–water partition coefficient (Wildman–Crippen LogP) is 4.51. The lowest BCUT2D eigenvalue weighted by molar-refractivity contribution is 0.102. The fourth-order valence-electron chi connectivity index (χ4n) is 2.43. The van der Waals surface area contributed by atoms with Crippen LogP contribution in [0.5, 0.6) is 5.75 Å². The van der Waals surface area contributed by atoms with E-state index in [0.717, 1.165) is 17.1 Å². The van der Waals surface area contributed by atoms with Crippen LogP contribution in [0.15, 0.2) is 53.7 Å². The second-order valence-corrected chi connectivity index (χ2v) is 6.92. The molecule has 0 aliphatic rings. The first kappa shape index (κ1) is 18.5. The number of thioether (sulfide) groups is 1. The zero-order valence-corrected chi connectivity index (χ0v) is 16.0. The van der Waals surface area contributed by atoms with Crippen molar-refractivity contribution >= 4 is 29.1 Å². The second-order valence-electron chi connectivity index (χ2n) is 5.54. The maximum atomic E-state index is 12.3. The Morgan fingerprint density at radius 1 is 1.19 bits per heavy atom. The molecule has 0 atom stereocenters. The molecule has 0 aliphatic heterocycles. The van der Waals surface area contributed by atoms with Crippen LogP contribution in [0.4, 0.5) is 0 Å². The molecule has 1 heterocycles. The first-order valence-electron chi connectivity index (χ1n) is 8.12. The lowest BCUT2D eigenvalue weighted by Crippen LogP contribution is -2.03. The van der Waals surface area contributed by atoms with Gasteiger partial charge in [-0.3, -0.25) is 4.79 Å². The fourth-order valence-corrected chi connectivity index (χ4v) is 3.36. The maximum Gasteiger partial charge on any atom is 0.191 e. The number of carbonyl (C=O) groups excluding carboxylic acids is 1. The Morgan fingerprint density at radius 3 is 2.69 bits per heavy atom. The van der Waals surface area contributed by atoms with Crippen LogP contribution in [0.2, 0.25) is 5.02 Å². The lowest BCUT2D eigenvalue weighted by Gasteiger charge is -2.06. The number of halogens is 1. The summed E-state index contributed by atoms with van der Waals surface area (Å²) in [6, 6.07) is 14.6. The number of carbonyl (C=O) groups is 1. The summed E-state index contributed by atoms with van der Waals surface area (Å²) in [5.74, 6) is 1.83. The standard InChI is InChI=1S/C19H18ClN3O2S/c1-3-25-16-6-4-5-14(11-16)18-21-22-19(23(18)2)26-12-17(24)13-7-9-15(20)10-8-13/h4-11H,3,12H2,1-2H3. The van der Waals surface area contributed by atoms with Gasteiger partial charge in [-0.25, -0.2) is 0 Å². The summed E-state index contributed by atoms with van der Waals surface area (Å²) < 4.78 is 7.41. The first-order valence-corrected chi connectivity index (χ1v) is 9.49. The van der Waals surface area contributed by atoms with E-state index in [2.05, 4.69) is 10.2 Å². The topological polar surface area (TPSA) is 57.0 Å². The fraction of sp³-hybridized carbons (Fsp3) is 0.211. The van der Waals surface area contributed by atoms with Gasteiger partial charge in [0, 0.05) is 23.2 Å². The Bertz CT molecular complexity index is 909. The largest absolute Gasteiger partial charge is 0.494 e. The SMILES string of the molecule is CCOc1cccc(-c2nnc(SCC(=O)c3ccc(Cl)cc3)n2C)c1. The Morgan fingerprint density at radius 2 is 1.96 bits per heavy atom. The smallest absolute Gasteiger partial charge is 0.191 e. The highest BCUT2D eigenvalue weighted by molar-refractivity contribution is 7.99. The molecule has 0 saturated heterocycles. The van der Waals surface area contributed by atoms with E-state index in [1.165, 1.54) is 11.8 Å². The molecule has 0 saturated carbocycles. The summed E-state index contributed by atoms with van der Waals surface area (Å²) in [5, 5.41) is 9.76. The quantitative estimate of drug-likeness (QED) is 0.441. The van der Waals surface area contributed by atoms with Gasteiger partial charge < -0.3 is 9.30 Å². The third kappa shape index (κ3) is 4.26. The number of ether oxygens (including phenoxy) is 1. The molecule has 2 aromatic carbocycles. The van der Waals surface area contributed by atoms with Crippen molar-refractivity contribution in [3.63, 3.8) is 0 Å². The molecule has 0 bridgehead atoms. The molecule has 7 heteroatoms. The van der Waals surface area contributed by atoms with Gasteiger partial charge in [-0.2, -0.15) is 0 Å². The highest BCUT2D eigenvalue weighted by atomic mass is 35.5. The molecule has 3 aromatic rings. The summed E-state index contributed by atoms with van der Waals surface area (Å²) in [7, 11) is 1.89. The van der Waals surface area contributed by atoms with Crippen LogP contribution in [0, 0.1) is 0 Å². The Labute approximate surface area is 161 Å². The predicted molar refractivity (Wildman–Crippen MR) is 104 cm³/mol. The van der Waals surface area contributed by atoms with Crippen LogP contribution in [-0.4, -0.2) is 32.9 Å². The average molecular weight is 388 g/mol. The third-order valence-electron chi connectivity index (χ3n) is 3.74. The molecule has 0 spiro atoms. The van der Waals surface area contributed by atoms with E-state index >= 15 is 0 Å². The minimum Gasteiger partial charge on any atom is -0.494 e. The van der Waals surface area contributed by atoms with Gasteiger partial charge in [-0.1, -0.05) is 35.5 Å². The van der Waals surface area contributed by atoms with Crippen LogP contribution in [0.25, 0.3) is 11.4 Å². The number of nitrogens with zero attached hydrogens (tertiary/aromatic N) is 3. The van der Waals surface area contributed by atoms with Crippen molar-refractivity contribution < 1.29 is 9.53 Å². The molecule has 5 nitrogen and oxygen atoms in total. The van der Waals surface area contributed by atoms with E-state index in [9.17, 15) is 4.79 Å². The highest BCUT2D eigenvalue weighted by Crippen LogP contribution is 2.26. The Kier molecular flexibility index (Phi) is 5.96. The van der Waals surface area contributed by atoms with Crippen LogP contribution in [0.1, 0.15) is 17.3 Å². The molecule has 134 valence electrons. The molecule has 1 aromatic heterocycles. The van der Waals surface area contributed by atoms with Gasteiger partial charge in [-0.15, -0.1) is 10.2 Å². The van der Waals surface area contributed by atoms with Crippen molar-refractivity contribution in [1.29, 1.82) is 0 Å². The molecule has 3 rings (SSSR count). The van der Waals surface area contributed by atoms with E-state index in [-0.39, 0.29) is 11.5 Å². The number of hydrogen-bond acceptors (Lipinski definition) is 5. The van der Waals surface area contributed by atoms with Crippen LogP contribution >= 0.6 is 23.4 Å². The van der Waals surface area contributed by atoms with Crippen LogP contribution in [-0.2, 0) is 7.05 Å². The summed E-state index contributed by atoms with van der Waals surface area (Å²) >= 11 is 7.21. The zero-order valence-electron chi connectivity index (χ0n) is 14.5. The lowest BCUT2D eigenvalue weighted by atomic mass is 10.1. The average Bonchev–Trinajstić information content (AvgIpc) is 3.01. The summed E-state index contributed by atoms with van der Waals surface area (Å²) in [4.78, 5) is 12.3. The second kappa shape index (κ2) is 8.38. The molecular formula is C19H18ClN3O2S. The number of ketones is 1. The van der Waals surface area contributed by atoms with E-state index in [4.69, 9.17) is 16.3 Å². The van der Waals surface area contributed by atoms with E-state index < -0.39 is 0 Å². The first-order chi connectivity index (χ1) is 12.6. The molecule has 0 fully saturated rings. The molecule has 0 aliphatic carbocycles. The Hall–Kier alpha value is -2.31. The molecule has 0 unspecified atom stereocenters. The maximum absolute atomic E-state index is 12.3. The zero-order chi connectivity index (χ0) is 18.5. The van der Waals surface area contributed by atoms with Crippen molar-refractivity contribution in [3.8, 4) is 17.1 Å². The van der Waals surface area contributed by atoms with Crippen molar-refractivity contribution in [1.82, 2.24) is 14.8 Å². The summed E-state index contributed by atoms with van der Waals surface area (Å²) in [6.07, 6.45) is 0. The van der Waals surface area contributed by atoms with Gasteiger partial charge in [0.15, 0.2) is 16.8 Å². The summed E-state index contributed by atoms with van der Waals surface area (Å²) in [5.41, 5.74) is 1.55. The number of Topliss-reactive ketones (excluding diaryl/α,β-unsaturated/α-hetero) is 1. The normalized spacial score (nSPS) is 10.7. The van der Waals surface area contributed by atoms with Gasteiger partial charge in [0.1, 0.15) is 5.75 Å². The molecule has 26 heavy (non-hydrogen) atoms. The van der Waals surface area contributed by atoms with Gasteiger partial charge in [-0.05, 0) is 43.3 Å². The van der Waals surface area contributed by atoms with Gasteiger partial charge in [0.05, 0.1) is 12.4 Å². The van der Waals surface area contributed by atoms with Crippen molar-refractivity contribution in [2.24, 2.45) is 7.05 Å². The molecule has 0 radical (unpaired) electrons. The molecular weight excluding hydrogens is 370 g/mol. The Balaban J connectivity index is 1.72. The summed E-state index contributed by atoms with van der Waals surface area (Å²) in [6.45, 7) is 2.55. The van der Waals surface area contributed by atoms with Gasteiger partial charge in [0.25, 0.3) is 0 Å². The van der Waals surface area contributed by atoms with Crippen molar-refractivity contribution in [2.45, 2.75) is 12.1 Å². The third-order valence-corrected chi connectivity index (χ3v) is 5.01. The number of aromatic nitrogens is 3. The minimum absolute atomic E-state index is 0.0227. The van der Waals surface area contributed by atoms with E-state index in [1.807, 2.05) is 42.8 Å². The monoisotopic (exact) mass is 387 g/mol. The molecule has 0 amide bonds. The number of hydrogen-bond donors (Lipinski definition) is 0. The van der Waals surface area contributed by atoms with Gasteiger partial charge in [0.2, 0.25) is 0 Å². The number of benzene rings is 2. The number of rotatable bonds is 7. The van der Waals surface area contributed by atoms with Crippen LogP contribution < -0.4 is 4.74 Å².